The normalized spacial score (nSPS) is 14.8. The lowest BCUT2D eigenvalue weighted by Crippen LogP contribution is -2.38. The summed E-state index contributed by atoms with van der Waals surface area (Å²) in [6.07, 6.45) is -2.11. The van der Waals surface area contributed by atoms with Gasteiger partial charge in [-0.1, -0.05) is 0 Å². The van der Waals surface area contributed by atoms with Gasteiger partial charge >= 0.3 is 5.92 Å². The van der Waals surface area contributed by atoms with Crippen LogP contribution in [0, 0.1) is 0 Å². The van der Waals surface area contributed by atoms with Crippen LogP contribution in [0.4, 0.5) is 17.6 Å². The molecule has 0 aliphatic carbocycles. The number of rotatable bonds is 6. The molecule has 0 aromatic carbocycles. The Kier molecular flexibility index (Phi) is 5.20. The van der Waals surface area contributed by atoms with Crippen molar-refractivity contribution in [3.05, 3.63) is 0 Å². The van der Waals surface area contributed by atoms with Crippen molar-refractivity contribution in [3.8, 4) is 0 Å². The summed E-state index contributed by atoms with van der Waals surface area (Å²) in [5, 5.41) is 0. The van der Waals surface area contributed by atoms with Gasteiger partial charge in [0, 0.05) is 13.0 Å². The highest BCUT2D eigenvalue weighted by Gasteiger charge is 2.40. The first-order valence-electron chi connectivity index (χ1n) is 3.69. The van der Waals surface area contributed by atoms with E-state index in [1.54, 1.807) is 0 Å². The molecule has 0 spiro atoms. The molecule has 5 heteroatoms. The van der Waals surface area contributed by atoms with Crippen molar-refractivity contribution in [2.24, 2.45) is 0 Å². The van der Waals surface area contributed by atoms with Gasteiger partial charge in [0.15, 0.2) is 6.67 Å². The van der Waals surface area contributed by atoms with Crippen molar-refractivity contribution in [2.75, 3.05) is 20.0 Å². The summed E-state index contributed by atoms with van der Waals surface area (Å²) in [4.78, 5) is 0. The van der Waals surface area contributed by atoms with E-state index in [2.05, 4.69) is 4.74 Å². The molecular weight excluding hydrogens is 176 g/mol. The van der Waals surface area contributed by atoms with Crippen molar-refractivity contribution >= 4 is 0 Å². The highest BCUT2D eigenvalue weighted by atomic mass is 19.3. The molecule has 0 fully saturated rings. The highest BCUT2D eigenvalue weighted by molar-refractivity contribution is 4.76. The molecule has 0 aliphatic rings. The molecule has 1 unspecified atom stereocenters. The predicted molar refractivity (Wildman–Crippen MR) is 36.9 cm³/mol. The average Bonchev–Trinajstić information content (AvgIpc) is 2.04. The first kappa shape index (κ1) is 11.7. The molecule has 1 atom stereocenters. The van der Waals surface area contributed by atoms with Crippen LogP contribution in [0.3, 0.4) is 0 Å². The zero-order valence-electron chi connectivity index (χ0n) is 6.83. The topological polar surface area (TPSA) is 9.23 Å². The van der Waals surface area contributed by atoms with Crippen LogP contribution >= 0.6 is 0 Å². The molecule has 74 valence electrons. The zero-order valence-corrected chi connectivity index (χ0v) is 6.83. The minimum Gasteiger partial charge on any atom is -0.372 e. The van der Waals surface area contributed by atoms with Crippen molar-refractivity contribution in [1.82, 2.24) is 0 Å². The van der Waals surface area contributed by atoms with E-state index in [1.807, 2.05) is 0 Å². The van der Waals surface area contributed by atoms with Gasteiger partial charge in [-0.05, 0) is 6.92 Å². The van der Waals surface area contributed by atoms with Crippen LogP contribution in [0.2, 0.25) is 0 Å². The average molecular weight is 188 g/mol. The van der Waals surface area contributed by atoms with E-state index in [9.17, 15) is 17.6 Å². The lowest BCUT2D eigenvalue weighted by atomic mass is 10.1. The highest BCUT2D eigenvalue weighted by Crippen LogP contribution is 2.24. The van der Waals surface area contributed by atoms with Gasteiger partial charge < -0.3 is 4.74 Å². The first-order chi connectivity index (χ1) is 5.58. The third-order valence-corrected chi connectivity index (χ3v) is 1.39. The lowest BCUT2D eigenvalue weighted by Gasteiger charge is -2.23. The minimum absolute atomic E-state index is 0.0280. The van der Waals surface area contributed by atoms with Crippen molar-refractivity contribution in [1.29, 1.82) is 0 Å². The standard InChI is InChI=1S/C7H12F4O/c1-2-12-6(3-4-8)7(10,11)5-9/h6H,2-5H2,1H3. The fourth-order valence-corrected chi connectivity index (χ4v) is 0.803. The molecule has 0 heterocycles. The second-order valence-electron chi connectivity index (χ2n) is 2.32. The van der Waals surface area contributed by atoms with Gasteiger partial charge in [0.05, 0.1) is 6.67 Å². The smallest absolute Gasteiger partial charge is 0.301 e. The molecule has 0 aromatic heterocycles. The molecule has 0 radical (unpaired) electrons. The van der Waals surface area contributed by atoms with Crippen LogP contribution in [0.15, 0.2) is 0 Å². The Hall–Kier alpha value is -0.320. The third kappa shape index (κ3) is 3.38. The van der Waals surface area contributed by atoms with Gasteiger partial charge in [0.2, 0.25) is 0 Å². The molecule has 0 saturated carbocycles. The maximum absolute atomic E-state index is 12.5. The Labute approximate surface area is 68.7 Å². The maximum Gasteiger partial charge on any atom is 0.301 e. The van der Waals surface area contributed by atoms with Crippen LogP contribution in [0.5, 0.6) is 0 Å². The Morgan fingerprint density at radius 1 is 1.33 bits per heavy atom. The second-order valence-corrected chi connectivity index (χ2v) is 2.32. The third-order valence-electron chi connectivity index (χ3n) is 1.39. The Bertz CT molecular complexity index is 112. The molecule has 12 heavy (non-hydrogen) atoms. The summed E-state index contributed by atoms with van der Waals surface area (Å²) < 4.78 is 53.0. The minimum atomic E-state index is -3.57. The van der Waals surface area contributed by atoms with Crippen LogP contribution < -0.4 is 0 Å². The zero-order chi connectivity index (χ0) is 9.61. The van der Waals surface area contributed by atoms with Gasteiger partial charge in [0.1, 0.15) is 6.10 Å². The summed E-state index contributed by atoms with van der Waals surface area (Å²) >= 11 is 0. The van der Waals surface area contributed by atoms with Crippen LogP contribution in [0.25, 0.3) is 0 Å². The summed E-state index contributed by atoms with van der Waals surface area (Å²) in [5.41, 5.74) is 0. The van der Waals surface area contributed by atoms with E-state index in [0.717, 1.165) is 0 Å². The number of halogens is 4. The number of alkyl halides is 4. The fraction of sp³-hybridized carbons (Fsp3) is 1.00. The second kappa shape index (κ2) is 5.35. The molecule has 0 amide bonds. The monoisotopic (exact) mass is 188 g/mol. The molecule has 1 nitrogen and oxygen atoms in total. The van der Waals surface area contributed by atoms with E-state index < -0.39 is 31.8 Å². The predicted octanol–water partition coefficient (Wildman–Crippen LogP) is 2.36. The summed E-state index contributed by atoms with van der Waals surface area (Å²) in [7, 11) is 0. The molecule has 0 rings (SSSR count). The molecular formula is C7H12F4O. The van der Waals surface area contributed by atoms with Crippen LogP contribution in [-0.2, 0) is 4.74 Å². The summed E-state index contributed by atoms with van der Waals surface area (Å²) in [6, 6.07) is 0. The lowest BCUT2D eigenvalue weighted by molar-refractivity contribution is -0.148. The van der Waals surface area contributed by atoms with E-state index in [1.165, 1.54) is 6.92 Å². The first-order valence-corrected chi connectivity index (χ1v) is 3.69. The van der Waals surface area contributed by atoms with Crippen molar-refractivity contribution in [2.45, 2.75) is 25.4 Å². The van der Waals surface area contributed by atoms with Crippen molar-refractivity contribution in [3.63, 3.8) is 0 Å². The van der Waals surface area contributed by atoms with Gasteiger partial charge in [-0.25, -0.2) is 13.2 Å². The summed E-state index contributed by atoms with van der Waals surface area (Å²) in [6.45, 7) is -1.21. The van der Waals surface area contributed by atoms with Crippen LogP contribution in [0.1, 0.15) is 13.3 Å². The van der Waals surface area contributed by atoms with E-state index in [4.69, 9.17) is 0 Å². The molecule has 0 bridgehead atoms. The fourth-order valence-electron chi connectivity index (χ4n) is 0.803. The quantitative estimate of drug-likeness (QED) is 0.581. The van der Waals surface area contributed by atoms with Gasteiger partial charge in [-0.2, -0.15) is 0 Å². The Morgan fingerprint density at radius 2 is 1.92 bits per heavy atom. The number of hydrogen-bond acceptors (Lipinski definition) is 1. The van der Waals surface area contributed by atoms with Crippen molar-refractivity contribution < 1.29 is 22.3 Å². The SMILES string of the molecule is CCOC(CCF)C(F)(F)CF. The largest absolute Gasteiger partial charge is 0.372 e. The Balaban J connectivity index is 4.07. The van der Waals surface area contributed by atoms with Gasteiger partial charge in [-0.15, -0.1) is 0 Å². The van der Waals surface area contributed by atoms with E-state index in [0.29, 0.717) is 0 Å². The molecule has 0 N–H and O–H groups in total. The van der Waals surface area contributed by atoms with Crippen LogP contribution in [-0.4, -0.2) is 32.0 Å². The van der Waals surface area contributed by atoms with E-state index >= 15 is 0 Å². The number of ether oxygens (including phenoxy) is 1. The van der Waals surface area contributed by atoms with Gasteiger partial charge in [-0.3, -0.25) is 4.39 Å². The molecule has 0 aromatic rings. The Morgan fingerprint density at radius 3 is 2.25 bits per heavy atom. The number of hydrogen-bond donors (Lipinski definition) is 0. The maximum atomic E-state index is 12.5. The summed E-state index contributed by atoms with van der Waals surface area (Å²) in [5.74, 6) is -3.57. The molecule has 0 aliphatic heterocycles. The van der Waals surface area contributed by atoms with Gasteiger partial charge in [0.25, 0.3) is 0 Å². The molecule has 0 saturated heterocycles. The van der Waals surface area contributed by atoms with E-state index in [-0.39, 0.29) is 6.61 Å².